The monoisotopic (exact) mass is 404 g/mol. The number of aromatic nitrogens is 3. The number of hydrogen-bond acceptors (Lipinski definition) is 4. The van der Waals surface area contributed by atoms with E-state index in [0.29, 0.717) is 7.92 Å². The van der Waals surface area contributed by atoms with Crippen LogP contribution < -0.4 is 0 Å². The van der Waals surface area contributed by atoms with E-state index in [1.807, 2.05) is 24.3 Å². The van der Waals surface area contributed by atoms with Crippen LogP contribution in [-0.2, 0) is 4.74 Å². The van der Waals surface area contributed by atoms with Crippen molar-refractivity contribution in [2.75, 3.05) is 38.6 Å². The summed E-state index contributed by atoms with van der Waals surface area (Å²) in [4.78, 5) is 2.68. The van der Waals surface area contributed by atoms with E-state index in [4.69, 9.17) is 4.74 Å². The molecule has 2 aliphatic rings. The van der Waals surface area contributed by atoms with Crippen molar-refractivity contribution >= 4 is 19.0 Å². The van der Waals surface area contributed by atoms with Gasteiger partial charge in [0.25, 0.3) is 0 Å². The van der Waals surface area contributed by atoms with E-state index >= 15 is 0 Å². The van der Waals surface area contributed by atoms with E-state index in [0.717, 1.165) is 55.0 Å². The molecule has 1 aliphatic heterocycles. The molecule has 1 N–H and O–H groups in total. The highest BCUT2D eigenvalue weighted by atomic mass is 31.1. The molecule has 2 aromatic rings. The molecule has 1 aromatic heterocycles. The highest BCUT2D eigenvalue weighted by molar-refractivity contribution is 7.58. The number of aromatic amines is 1. The van der Waals surface area contributed by atoms with E-state index in [1.165, 1.54) is 38.0 Å². The van der Waals surface area contributed by atoms with Gasteiger partial charge in [-0.3, -0.25) is 4.90 Å². The van der Waals surface area contributed by atoms with E-state index in [2.05, 4.69) is 41.1 Å². The number of benzene rings is 1. The maximum Gasteiger partial charge on any atom is 0.112 e. The summed E-state index contributed by atoms with van der Waals surface area (Å²) in [5.41, 5.74) is 2.89. The maximum atomic E-state index is 5.49. The number of fused-ring (bicyclic) bond motifs is 1. The number of rotatable bonds is 5. The molecule has 156 valence electrons. The fourth-order valence-corrected chi connectivity index (χ4v) is 7.38. The average molecular weight is 405 g/mol. The smallest absolute Gasteiger partial charge is 0.112 e. The largest absolute Gasteiger partial charge is 0.379 e. The summed E-state index contributed by atoms with van der Waals surface area (Å²) in [5, 5.41) is 10.3. The third kappa shape index (κ3) is 5.75. The molecule has 1 saturated carbocycles. The zero-order chi connectivity index (χ0) is 19.8. The first kappa shape index (κ1) is 21.7. The number of nitrogens with one attached hydrogen (secondary N) is 1. The van der Waals surface area contributed by atoms with Crippen LogP contribution in [-0.4, -0.2) is 70.6 Å². The van der Waals surface area contributed by atoms with Gasteiger partial charge in [0.1, 0.15) is 11.0 Å². The zero-order valence-electron chi connectivity index (χ0n) is 17.8. The van der Waals surface area contributed by atoms with Crippen molar-refractivity contribution in [3.63, 3.8) is 0 Å². The predicted octanol–water partition coefficient (Wildman–Crippen LogP) is 4.75. The molecule has 0 bridgehead atoms. The minimum Gasteiger partial charge on any atom is -0.379 e. The number of nitrogens with zero attached hydrogens (tertiary/aromatic N) is 3. The summed E-state index contributed by atoms with van der Waals surface area (Å²) in [5.74, 6) is 0.944. The van der Waals surface area contributed by atoms with Crippen LogP contribution in [0.1, 0.15) is 46.5 Å². The van der Waals surface area contributed by atoms with Crippen LogP contribution in [0.5, 0.6) is 0 Å². The van der Waals surface area contributed by atoms with Gasteiger partial charge in [-0.25, -0.2) is 0 Å². The number of hydrogen-bond donors (Lipinski definition) is 1. The van der Waals surface area contributed by atoms with E-state index in [-0.39, 0.29) is 0 Å². The van der Waals surface area contributed by atoms with E-state index < -0.39 is 0 Å². The third-order valence-corrected chi connectivity index (χ3v) is 9.67. The molecule has 1 aliphatic carbocycles. The highest BCUT2D eigenvalue weighted by Gasteiger charge is 2.32. The van der Waals surface area contributed by atoms with Gasteiger partial charge in [0.05, 0.1) is 13.2 Å². The van der Waals surface area contributed by atoms with E-state index in [9.17, 15) is 0 Å². The summed E-state index contributed by atoms with van der Waals surface area (Å²) in [6.45, 7) is 11.5. The predicted molar refractivity (Wildman–Crippen MR) is 119 cm³/mol. The fourth-order valence-electron chi connectivity index (χ4n) is 4.78. The second kappa shape index (κ2) is 11.2. The molecule has 3 atom stereocenters. The SMILES string of the molecule is CCP(CC)C1CCCC(C(C)N2CCOCC2)C1.c1ccc2n[nH]nc2c1. The van der Waals surface area contributed by atoms with Gasteiger partial charge in [0.2, 0.25) is 0 Å². The van der Waals surface area contributed by atoms with Gasteiger partial charge >= 0.3 is 0 Å². The average Bonchev–Trinajstić information content (AvgIpc) is 3.24. The van der Waals surface area contributed by atoms with Crippen LogP contribution >= 0.6 is 7.92 Å². The lowest BCUT2D eigenvalue weighted by Crippen LogP contribution is -2.46. The van der Waals surface area contributed by atoms with Gasteiger partial charge < -0.3 is 4.74 Å². The molecular weight excluding hydrogens is 367 g/mol. The molecule has 5 nitrogen and oxygen atoms in total. The van der Waals surface area contributed by atoms with Crippen LogP contribution in [0.25, 0.3) is 11.0 Å². The fraction of sp³-hybridized carbons (Fsp3) is 0.727. The van der Waals surface area contributed by atoms with Crippen molar-refractivity contribution in [1.29, 1.82) is 0 Å². The van der Waals surface area contributed by atoms with Crippen LogP contribution in [0.4, 0.5) is 0 Å². The Morgan fingerprint density at radius 3 is 2.36 bits per heavy atom. The first-order valence-corrected chi connectivity index (χ1v) is 12.8. The Kier molecular flexibility index (Phi) is 8.69. The number of ether oxygens (including phenoxy) is 1. The van der Waals surface area contributed by atoms with Gasteiger partial charge in [-0.1, -0.05) is 32.4 Å². The molecule has 0 amide bonds. The number of para-hydroxylation sites is 2. The summed E-state index contributed by atoms with van der Waals surface area (Å²) < 4.78 is 5.49. The molecule has 2 fully saturated rings. The van der Waals surface area contributed by atoms with Gasteiger partial charge in [-0.15, -0.1) is 7.92 Å². The Labute approximate surface area is 171 Å². The lowest BCUT2D eigenvalue weighted by atomic mass is 9.83. The number of morpholine rings is 1. The topological polar surface area (TPSA) is 54.0 Å². The first-order valence-electron chi connectivity index (χ1n) is 11.0. The minimum atomic E-state index is 0.314. The summed E-state index contributed by atoms with van der Waals surface area (Å²) in [6.07, 6.45) is 8.84. The van der Waals surface area contributed by atoms with Gasteiger partial charge in [0, 0.05) is 19.1 Å². The first-order chi connectivity index (χ1) is 13.7. The maximum absolute atomic E-state index is 5.49. The molecular formula is C22H37N4OP. The Bertz CT molecular complexity index is 654. The lowest BCUT2D eigenvalue weighted by molar-refractivity contribution is 0.00312. The Morgan fingerprint density at radius 2 is 1.75 bits per heavy atom. The van der Waals surface area contributed by atoms with Crippen LogP contribution in [0.3, 0.4) is 0 Å². The Balaban J connectivity index is 0.000000206. The molecule has 0 radical (unpaired) electrons. The van der Waals surface area contributed by atoms with Crippen LogP contribution in [0.2, 0.25) is 0 Å². The molecule has 28 heavy (non-hydrogen) atoms. The van der Waals surface area contributed by atoms with Crippen molar-refractivity contribution in [1.82, 2.24) is 20.3 Å². The summed E-state index contributed by atoms with van der Waals surface area (Å²) in [7, 11) is 0.314. The van der Waals surface area contributed by atoms with Crippen LogP contribution in [0, 0.1) is 5.92 Å². The van der Waals surface area contributed by atoms with Crippen LogP contribution in [0.15, 0.2) is 24.3 Å². The van der Waals surface area contributed by atoms with E-state index in [1.54, 1.807) is 0 Å². The standard InChI is InChI=1S/C16H32NOP.C6H5N3/c1-4-19(5-2)16-8-6-7-15(13-16)14(3)17-9-11-18-12-10-17;1-2-4-6-5(3-1)7-9-8-6/h14-16H,4-13H2,1-3H3;1-4H,(H,7,8,9). The van der Waals surface area contributed by atoms with Crippen molar-refractivity contribution in [3.05, 3.63) is 24.3 Å². The Morgan fingerprint density at radius 1 is 1.11 bits per heavy atom. The minimum absolute atomic E-state index is 0.314. The normalized spacial score (nSPS) is 24.7. The van der Waals surface area contributed by atoms with Crippen molar-refractivity contribution in [3.8, 4) is 0 Å². The third-order valence-electron chi connectivity index (χ3n) is 6.54. The zero-order valence-corrected chi connectivity index (χ0v) is 18.7. The molecule has 4 rings (SSSR count). The summed E-state index contributed by atoms with van der Waals surface area (Å²) >= 11 is 0. The quantitative estimate of drug-likeness (QED) is 0.731. The number of H-pyrrole nitrogens is 1. The highest BCUT2D eigenvalue weighted by Crippen LogP contribution is 2.49. The molecule has 1 aromatic carbocycles. The second-order valence-electron chi connectivity index (χ2n) is 8.00. The molecule has 2 heterocycles. The lowest BCUT2D eigenvalue weighted by Gasteiger charge is -2.42. The van der Waals surface area contributed by atoms with Crippen molar-refractivity contribution in [2.24, 2.45) is 5.92 Å². The van der Waals surface area contributed by atoms with Gasteiger partial charge in [-0.2, -0.15) is 15.4 Å². The Hall–Kier alpha value is -1.03. The van der Waals surface area contributed by atoms with Crippen molar-refractivity contribution in [2.45, 2.75) is 58.2 Å². The summed E-state index contributed by atoms with van der Waals surface area (Å²) in [6, 6.07) is 8.48. The molecule has 6 heteroatoms. The molecule has 0 spiro atoms. The van der Waals surface area contributed by atoms with Gasteiger partial charge in [-0.05, 0) is 62.2 Å². The molecule has 1 saturated heterocycles. The van der Waals surface area contributed by atoms with Crippen molar-refractivity contribution < 1.29 is 4.74 Å². The molecule has 3 unspecified atom stereocenters. The van der Waals surface area contributed by atoms with Gasteiger partial charge in [0.15, 0.2) is 0 Å². The second-order valence-corrected chi connectivity index (χ2v) is 11.2.